The number of nitrogens with one attached hydrogen (secondary N) is 1. The third-order valence-corrected chi connectivity index (χ3v) is 6.92. The molecule has 7 nitrogen and oxygen atoms in total. The summed E-state index contributed by atoms with van der Waals surface area (Å²) in [5.41, 5.74) is 13.8. The summed E-state index contributed by atoms with van der Waals surface area (Å²) >= 11 is 12.4. The van der Waals surface area contributed by atoms with E-state index in [0.717, 1.165) is 16.7 Å². The molecule has 0 radical (unpaired) electrons. The minimum Gasteiger partial charge on any atom is -0.369 e. The van der Waals surface area contributed by atoms with Gasteiger partial charge in [-0.3, -0.25) is 14.9 Å². The van der Waals surface area contributed by atoms with E-state index >= 15 is 0 Å². The summed E-state index contributed by atoms with van der Waals surface area (Å²) in [6.45, 7) is 0.411. The zero-order chi connectivity index (χ0) is 23.8. The molecule has 0 spiro atoms. The minimum absolute atomic E-state index is 0.0192. The van der Waals surface area contributed by atoms with E-state index in [9.17, 15) is 14.9 Å². The molecule has 5 N–H and O–H groups in total. The Morgan fingerprint density at radius 1 is 0.939 bits per heavy atom. The number of rotatable bonds is 5. The Morgan fingerprint density at radius 3 is 1.85 bits per heavy atom. The number of benzene rings is 3. The van der Waals surface area contributed by atoms with Crippen LogP contribution in [0.4, 0.5) is 5.69 Å². The number of nitro groups is 1. The highest BCUT2D eigenvalue weighted by Gasteiger charge is 2.56. The van der Waals surface area contributed by atoms with Crippen molar-refractivity contribution in [1.29, 1.82) is 0 Å². The van der Waals surface area contributed by atoms with Crippen molar-refractivity contribution in [2.75, 3.05) is 6.54 Å². The number of hydrogen-bond donors (Lipinski definition) is 3. The summed E-state index contributed by atoms with van der Waals surface area (Å²) in [6, 6.07) is 20.8. The minimum atomic E-state index is -0.984. The molecule has 9 heteroatoms. The molecule has 170 valence electrons. The SMILES string of the molecule is NC(=O)C1C(N)NCC(c2ccc([N+](=O)[O-])cc2)C1(c1ccc(Cl)cc1)c1ccc(Cl)cc1. The van der Waals surface area contributed by atoms with Gasteiger partial charge in [0.25, 0.3) is 5.69 Å². The molecule has 1 aliphatic rings. The van der Waals surface area contributed by atoms with E-state index in [-0.39, 0.29) is 11.6 Å². The summed E-state index contributed by atoms with van der Waals surface area (Å²) < 4.78 is 0. The molecule has 0 saturated carbocycles. The van der Waals surface area contributed by atoms with E-state index < -0.39 is 28.3 Å². The van der Waals surface area contributed by atoms with Gasteiger partial charge >= 0.3 is 0 Å². The van der Waals surface area contributed by atoms with E-state index in [1.165, 1.54) is 12.1 Å². The Morgan fingerprint density at radius 2 is 1.42 bits per heavy atom. The zero-order valence-corrected chi connectivity index (χ0v) is 19.0. The van der Waals surface area contributed by atoms with Crippen LogP contribution in [-0.2, 0) is 10.2 Å². The monoisotopic (exact) mass is 484 g/mol. The topological polar surface area (TPSA) is 124 Å². The van der Waals surface area contributed by atoms with Crippen LogP contribution in [-0.4, -0.2) is 23.5 Å². The highest BCUT2D eigenvalue weighted by atomic mass is 35.5. The second kappa shape index (κ2) is 9.11. The van der Waals surface area contributed by atoms with Gasteiger partial charge in [-0.05, 0) is 41.0 Å². The Kier molecular flexibility index (Phi) is 6.41. The highest BCUT2D eigenvalue weighted by Crippen LogP contribution is 2.52. The lowest BCUT2D eigenvalue weighted by Gasteiger charge is -2.52. The molecule has 1 fully saturated rings. The first-order valence-corrected chi connectivity index (χ1v) is 11.1. The van der Waals surface area contributed by atoms with Gasteiger partial charge in [0.2, 0.25) is 5.91 Å². The Hall–Kier alpha value is -2.97. The molecule has 3 aromatic carbocycles. The molecule has 1 aliphatic heterocycles. The molecule has 33 heavy (non-hydrogen) atoms. The largest absolute Gasteiger partial charge is 0.369 e. The van der Waals surface area contributed by atoms with Crippen molar-refractivity contribution >= 4 is 34.8 Å². The maximum Gasteiger partial charge on any atom is 0.269 e. The van der Waals surface area contributed by atoms with Crippen molar-refractivity contribution in [3.63, 3.8) is 0 Å². The number of nitro benzene ring substituents is 1. The second-order valence-corrected chi connectivity index (χ2v) is 8.97. The summed E-state index contributed by atoms with van der Waals surface area (Å²) in [5.74, 6) is -1.74. The Bertz CT molecular complexity index is 1120. The van der Waals surface area contributed by atoms with Gasteiger partial charge in [-0.25, -0.2) is 0 Å². The van der Waals surface area contributed by atoms with Crippen LogP contribution in [0.5, 0.6) is 0 Å². The van der Waals surface area contributed by atoms with Crippen molar-refractivity contribution in [2.45, 2.75) is 17.5 Å². The number of carbonyl (C=O) groups is 1. The van der Waals surface area contributed by atoms with Crippen molar-refractivity contribution in [3.8, 4) is 0 Å². The van der Waals surface area contributed by atoms with Crippen LogP contribution in [0.2, 0.25) is 10.0 Å². The van der Waals surface area contributed by atoms with E-state index in [1.54, 1.807) is 36.4 Å². The molecule has 3 unspecified atom stereocenters. The highest BCUT2D eigenvalue weighted by molar-refractivity contribution is 6.30. The first-order chi connectivity index (χ1) is 15.7. The third kappa shape index (κ3) is 4.09. The van der Waals surface area contributed by atoms with Crippen LogP contribution < -0.4 is 16.8 Å². The fraction of sp³-hybridized carbons (Fsp3) is 0.208. The Labute approximate surface area is 200 Å². The third-order valence-electron chi connectivity index (χ3n) is 6.41. The molecule has 0 aromatic heterocycles. The average molecular weight is 485 g/mol. The normalized spacial score (nSPS) is 22.0. The van der Waals surface area contributed by atoms with Gasteiger partial charge in [0.1, 0.15) is 0 Å². The summed E-state index contributed by atoms with van der Waals surface area (Å²) in [6.07, 6.45) is -0.719. The maximum atomic E-state index is 12.9. The van der Waals surface area contributed by atoms with Gasteiger partial charge in [0.05, 0.1) is 17.0 Å². The smallest absolute Gasteiger partial charge is 0.269 e. The first kappa shape index (κ1) is 23.2. The van der Waals surface area contributed by atoms with E-state index in [2.05, 4.69) is 5.32 Å². The number of piperidine rings is 1. The lowest BCUT2D eigenvalue weighted by molar-refractivity contribution is -0.384. The number of amides is 1. The van der Waals surface area contributed by atoms with Crippen molar-refractivity contribution in [1.82, 2.24) is 5.32 Å². The summed E-state index contributed by atoms with van der Waals surface area (Å²) in [7, 11) is 0. The molecule has 1 heterocycles. The first-order valence-electron chi connectivity index (χ1n) is 10.3. The zero-order valence-electron chi connectivity index (χ0n) is 17.4. The number of carbonyl (C=O) groups excluding carboxylic acids is 1. The number of non-ortho nitro benzene ring substituents is 1. The number of nitrogens with two attached hydrogens (primary N) is 2. The van der Waals surface area contributed by atoms with Gasteiger partial charge in [0, 0.05) is 40.1 Å². The van der Waals surface area contributed by atoms with E-state index in [1.807, 2.05) is 24.3 Å². The quantitative estimate of drug-likeness (QED) is 0.373. The molecule has 1 saturated heterocycles. The molecule has 1 amide bonds. The lowest BCUT2D eigenvalue weighted by atomic mass is 9.54. The summed E-state index contributed by atoms with van der Waals surface area (Å²) in [4.78, 5) is 23.7. The summed E-state index contributed by atoms with van der Waals surface area (Å²) in [5, 5.41) is 15.5. The maximum absolute atomic E-state index is 12.9. The number of halogens is 2. The van der Waals surface area contributed by atoms with Crippen LogP contribution in [0.25, 0.3) is 0 Å². The molecule has 3 atom stereocenters. The van der Waals surface area contributed by atoms with Crippen molar-refractivity contribution in [2.24, 2.45) is 17.4 Å². The van der Waals surface area contributed by atoms with Crippen molar-refractivity contribution in [3.05, 3.63) is 110 Å². The standard InChI is InChI=1S/C24H22Cl2N4O3/c25-17-7-3-15(4-8-17)24(16-5-9-18(26)10-6-16)20(13-29-22(27)21(24)23(28)31)14-1-11-19(12-2-14)30(32)33/h1-12,20-22,29H,13,27H2,(H2,28,31). The number of hydrogen-bond acceptors (Lipinski definition) is 5. The van der Waals surface area contributed by atoms with Crippen LogP contribution in [0.3, 0.4) is 0 Å². The molecule has 0 bridgehead atoms. The predicted molar refractivity (Wildman–Crippen MR) is 128 cm³/mol. The van der Waals surface area contributed by atoms with Gasteiger partial charge in [-0.2, -0.15) is 0 Å². The van der Waals surface area contributed by atoms with Crippen LogP contribution in [0.15, 0.2) is 72.8 Å². The second-order valence-electron chi connectivity index (χ2n) is 8.10. The fourth-order valence-electron chi connectivity index (χ4n) is 5.02. The molecule has 3 aromatic rings. The van der Waals surface area contributed by atoms with Gasteiger partial charge in [-0.1, -0.05) is 59.6 Å². The van der Waals surface area contributed by atoms with Crippen LogP contribution in [0, 0.1) is 16.0 Å². The predicted octanol–water partition coefficient (Wildman–Crippen LogP) is 3.96. The van der Waals surface area contributed by atoms with Crippen LogP contribution in [0.1, 0.15) is 22.6 Å². The van der Waals surface area contributed by atoms with E-state index in [0.29, 0.717) is 16.6 Å². The molecule has 4 rings (SSSR count). The van der Waals surface area contributed by atoms with Crippen molar-refractivity contribution < 1.29 is 9.72 Å². The Balaban J connectivity index is 2.04. The molecular weight excluding hydrogens is 463 g/mol. The average Bonchev–Trinajstić information content (AvgIpc) is 2.79. The number of primary amides is 1. The number of nitrogens with zero attached hydrogens (tertiary/aromatic N) is 1. The fourth-order valence-corrected chi connectivity index (χ4v) is 5.27. The molecule has 0 aliphatic carbocycles. The van der Waals surface area contributed by atoms with Gasteiger partial charge < -0.3 is 16.8 Å². The van der Waals surface area contributed by atoms with Gasteiger partial charge in [-0.15, -0.1) is 0 Å². The lowest BCUT2D eigenvalue weighted by Crippen LogP contribution is -2.65. The van der Waals surface area contributed by atoms with Gasteiger partial charge in [0.15, 0.2) is 0 Å². The van der Waals surface area contributed by atoms with E-state index in [4.69, 9.17) is 34.7 Å². The molecular formula is C24H22Cl2N4O3. The van der Waals surface area contributed by atoms with Crippen LogP contribution >= 0.6 is 23.2 Å².